The van der Waals surface area contributed by atoms with E-state index >= 15 is 0 Å². The summed E-state index contributed by atoms with van der Waals surface area (Å²) in [7, 11) is 0. The summed E-state index contributed by atoms with van der Waals surface area (Å²) in [5.74, 6) is -1.80. The second kappa shape index (κ2) is 4.25. The summed E-state index contributed by atoms with van der Waals surface area (Å²) in [6.07, 6.45) is 0. The molecular weight excluding hydrogens is 223 g/mol. The zero-order chi connectivity index (χ0) is 12.4. The van der Waals surface area contributed by atoms with Gasteiger partial charge in [-0.25, -0.2) is 9.18 Å². The molecule has 0 heterocycles. The molecule has 86 valence electrons. The average Bonchev–Trinajstić information content (AvgIpc) is 2.32. The number of hydrogen-bond acceptors (Lipinski definition) is 2. The third kappa shape index (κ3) is 2.10. The molecule has 0 unspecified atom stereocenters. The van der Waals surface area contributed by atoms with Gasteiger partial charge in [0.05, 0.1) is 5.56 Å². The van der Waals surface area contributed by atoms with Gasteiger partial charge >= 0.3 is 5.97 Å². The highest BCUT2D eigenvalue weighted by molar-refractivity contribution is 5.96. The molecule has 0 saturated heterocycles. The van der Waals surface area contributed by atoms with Gasteiger partial charge in [0.15, 0.2) is 0 Å². The summed E-state index contributed by atoms with van der Waals surface area (Å²) in [5, 5.41) is 18.6. The van der Waals surface area contributed by atoms with Crippen molar-refractivity contribution >= 4 is 5.97 Å². The molecule has 2 aromatic rings. The highest BCUT2D eigenvalue weighted by atomic mass is 19.1. The van der Waals surface area contributed by atoms with Gasteiger partial charge in [0.2, 0.25) is 0 Å². The standard InChI is InChI=1S/C13H9FO3/c14-8-5-6-12(15)11(7-8)9-3-1-2-4-10(9)13(16)17/h1-7,15H,(H,16,17). The third-order valence-corrected chi connectivity index (χ3v) is 2.41. The Morgan fingerprint density at radius 3 is 2.47 bits per heavy atom. The lowest BCUT2D eigenvalue weighted by Crippen LogP contribution is -1.99. The van der Waals surface area contributed by atoms with Crippen molar-refractivity contribution in [2.75, 3.05) is 0 Å². The number of phenolic OH excluding ortho intramolecular Hbond substituents is 1. The smallest absolute Gasteiger partial charge is 0.336 e. The summed E-state index contributed by atoms with van der Waals surface area (Å²) in [4.78, 5) is 11.0. The van der Waals surface area contributed by atoms with Gasteiger partial charge in [-0.3, -0.25) is 0 Å². The Morgan fingerprint density at radius 1 is 1.06 bits per heavy atom. The van der Waals surface area contributed by atoms with Gasteiger partial charge < -0.3 is 10.2 Å². The van der Waals surface area contributed by atoms with Crippen LogP contribution < -0.4 is 0 Å². The maximum atomic E-state index is 13.1. The predicted octanol–water partition coefficient (Wildman–Crippen LogP) is 2.90. The predicted molar refractivity (Wildman–Crippen MR) is 60.5 cm³/mol. The van der Waals surface area contributed by atoms with Crippen LogP contribution in [0.25, 0.3) is 11.1 Å². The first-order chi connectivity index (χ1) is 8.09. The second-order valence-electron chi connectivity index (χ2n) is 3.51. The number of carboxylic acid groups (broad SMARTS) is 1. The van der Waals surface area contributed by atoms with E-state index in [2.05, 4.69) is 0 Å². The fraction of sp³-hybridized carbons (Fsp3) is 0. The molecule has 17 heavy (non-hydrogen) atoms. The van der Waals surface area contributed by atoms with Crippen molar-refractivity contribution in [1.29, 1.82) is 0 Å². The van der Waals surface area contributed by atoms with Gasteiger partial charge in [0.25, 0.3) is 0 Å². The lowest BCUT2D eigenvalue weighted by molar-refractivity contribution is 0.0697. The molecule has 0 aliphatic carbocycles. The molecule has 0 radical (unpaired) electrons. The fourth-order valence-electron chi connectivity index (χ4n) is 1.63. The maximum absolute atomic E-state index is 13.1. The van der Waals surface area contributed by atoms with Crippen LogP contribution in [-0.2, 0) is 0 Å². The monoisotopic (exact) mass is 232 g/mol. The molecule has 2 aromatic carbocycles. The van der Waals surface area contributed by atoms with E-state index in [1.807, 2.05) is 0 Å². The van der Waals surface area contributed by atoms with Crippen molar-refractivity contribution in [2.45, 2.75) is 0 Å². The highest BCUT2D eigenvalue weighted by Gasteiger charge is 2.14. The van der Waals surface area contributed by atoms with Crippen LogP contribution in [0.1, 0.15) is 10.4 Å². The summed E-state index contributed by atoms with van der Waals surface area (Å²) >= 11 is 0. The lowest BCUT2D eigenvalue weighted by atomic mass is 9.99. The fourth-order valence-corrected chi connectivity index (χ4v) is 1.63. The largest absolute Gasteiger partial charge is 0.507 e. The number of rotatable bonds is 2. The summed E-state index contributed by atoms with van der Waals surface area (Å²) in [5.41, 5.74) is 0.480. The van der Waals surface area contributed by atoms with Crippen LogP contribution in [0, 0.1) is 5.82 Å². The van der Waals surface area contributed by atoms with Crippen LogP contribution >= 0.6 is 0 Å². The van der Waals surface area contributed by atoms with E-state index in [0.29, 0.717) is 0 Å². The Kier molecular flexibility index (Phi) is 2.78. The van der Waals surface area contributed by atoms with Gasteiger partial charge in [0, 0.05) is 5.56 Å². The molecule has 4 heteroatoms. The molecule has 0 spiro atoms. The van der Waals surface area contributed by atoms with E-state index in [1.165, 1.54) is 18.2 Å². The van der Waals surface area contributed by atoms with Gasteiger partial charge in [-0.15, -0.1) is 0 Å². The van der Waals surface area contributed by atoms with Crippen molar-refractivity contribution < 1.29 is 19.4 Å². The Balaban J connectivity index is 2.68. The molecular formula is C13H9FO3. The van der Waals surface area contributed by atoms with E-state index in [0.717, 1.165) is 12.1 Å². The zero-order valence-corrected chi connectivity index (χ0v) is 8.72. The Bertz CT molecular complexity index is 579. The molecule has 0 atom stereocenters. The van der Waals surface area contributed by atoms with Crippen molar-refractivity contribution in [3.05, 3.63) is 53.8 Å². The molecule has 0 bridgehead atoms. The molecule has 0 aliphatic heterocycles. The number of aromatic hydroxyl groups is 1. The number of phenols is 1. The number of carboxylic acids is 1. The molecule has 2 N–H and O–H groups in total. The van der Waals surface area contributed by atoms with E-state index in [4.69, 9.17) is 5.11 Å². The van der Waals surface area contributed by atoms with Crippen LogP contribution in [-0.4, -0.2) is 16.2 Å². The van der Waals surface area contributed by atoms with Crippen LogP contribution in [0.3, 0.4) is 0 Å². The lowest BCUT2D eigenvalue weighted by Gasteiger charge is -2.08. The van der Waals surface area contributed by atoms with Crippen LogP contribution in [0.15, 0.2) is 42.5 Å². The van der Waals surface area contributed by atoms with E-state index in [-0.39, 0.29) is 22.4 Å². The molecule has 0 saturated carbocycles. The normalized spacial score (nSPS) is 10.2. The molecule has 0 amide bonds. The minimum Gasteiger partial charge on any atom is -0.507 e. The van der Waals surface area contributed by atoms with Gasteiger partial charge in [-0.2, -0.15) is 0 Å². The quantitative estimate of drug-likeness (QED) is 0.836. The summed E-state index contributed by atoms with van der Waals surface area (Å²) in [6.45, 7) is 0. The van der Waals surface area contributed by atoms with Crippen molar-refractivity contribution in [1.82, 2.24) is 0 Å². The minimum absolute atomic E-state index is 0.0217. The van der Waals surface area contributed by atoms with E-state index in [1.54, 1.807) is 12.1 Å². The van der Waals surface area contributed by atoms with Gasteiger partial charge in [-0.05, 0) is 29.8 Å². The highest BCUT2D eigenvalue weighted by Crippen LogP contribution is 2.32. The van der Waals surface area contributed by atoms with Gasteiger partial charge in [0.1, 0.15) is 11.6 Å². The van der Waals surface area contributed by atoms with E-state index < -0.39 is 11.8 Å². The maximum Gasteiger partial charge on any atom is 0.336 e. The first-order valence-corrected chi connectivity index (χ1v) is 4.91. The molecule has 3 nitrogen and oxygen atoms in total. The Morgan fingerprint density at radius 2 is 1.76 bits per heavy atom. The number of halogens is 1. The summed E-state index contributed by atoms with van der Waals surface area (Å²) < 4.78 is 13.1. The first-order valence-electron chi connectivity index (χ1n) is 4.91. The molecule has 0 aromatic heterocycles. The second-order valence-corrected chi connectivity index (χ2v) is 3.51. The SMILES string of the molecule is O=C(O)c1ccccc1-c1cc(F)ccc1O. The average molecular weight is 232 g/mol. The van der Waals surface area contributed by atoms with E-state index in [9.17, 15) is 14.3 Å². The molecule has 0 aliphatic rings. The third-order valence-electron chi connectivity index (χ3n) is 2.41. The number of carbonyl (C=O) groups is 1. The summed E-state index contributed by atoms with van der Waals surface area (Å²) in [6, 6.07) is 9.55. The molecule has 2 rings (SSSR count). The van der Waals surface area contributed by atoms with Crippen molar-refractivity contribution in [2.24, 2.45) is 0 Å². The van der Waals surface area contributed by atoms with Crippen molar-refractivity contribution in [3.8, 4) is 16.9 Å². The molecule has 0 fully saturated rings. The minimum atomic E-state index is -1.12. The van der Waals surface area contributed by atoms with Crippen LogP contribution in [0.2, 0.25) is 0 Å². The topological polar surface area (TPSA) is 57.5 Å². The number of hydrogen-bond donors (Lipinski definition) is 2. The van der Waals surface area contributed by atoms with Crippen molar-refractivity contribution in [3.63, 3.8) is 0 Å². The first kappa shape index (κ1) is 11.1. The number of benzene rings is 2. The number of aromatic carboxylic acids is 1. The Labute approximate surface area is 96.8 Å². The van der Waals surface area contributed by atoms with Gasteiger partial charge in [-0.1, -0.05) is 18.2 Å². The Hall–Kier alpha value is -2.36. The van der Waals surface area contributed by atoms with Crippen LogP contribution in [0.5, 0.6) is 5.75 Å². The zero-order valence-electron chi connectivity index (χ0n) is 8.72. The van der Waals surface area contributed by atoms with Crippen LogP contribution in [0.4, 0.5) is 4.39 Å².